The molecule has 1 aromatic heterocycles. The van der Waals surface area contributed by atoms with Crippen molar-refractivity contribution in [3.63, 3.8) is 0 Å². The van der Waals surface area contributed by atoms with Crippen LogP contribution in [-0.4, -0.2) is 17.1 Å². The number of aromatic carboxylic acids is 1. The molecule has 6 heteroatoms. The van der Waals surface area contributed by atoms with E-state index >= 15 is 0 Å². The summed E-state index contributed by atoms with van der Waals surface area (Å²) in [7, 11) is 0. The van der Waals surface area contributed by atoms with Crippen molar-refractivity contribution >= 4 is 29.0 Å². The van der Waals surface area contributed by atoms with Crippen LogP contribution in [0.3, 0.4) is 0 Å². The molecule has 19 heavy (non-hydrogen) atoms. The Labute approximate surface area is 113 Å². The number of anilines is 1. The molecule has 0 fully saturated rings. The van der Waals surface area contributed by atoms with Gasteiger partial charge in [0.1, 0.15) is 0 Å². The van der Waals surface area contributed by atoms with Crippen molar-refractivity contribution in [2.45, 2.75) is 6.54 Å². The Bertz CT molecular complexity index is 564. The predicted molar refractivity (Wildman–Crippen MR) is 73.6 cm³/mol. The van der Waals surface area contributed by atoms with Crippen LogP contribution in [0.25, 0.3) is 0 Å². The number of thiophene rings is 1. The van der Waals surface area contributed by atoms with E-state index in [1.54, 1.807) is 12.1 Å². The molecule has 0 bridgehead atoms. The molecule has 0 atom stereocenters. The van der Waals surface area contributed by atoms with E-state index < -0.39 is 5.97 Å². The van der Waals surface area contributed by atoms with Gasteiger partial charge in [0.2, 0.25) is 0 Å². The van der Waals surface area contributed by atoms with Crippen LogP contribution in [0.15, 0.2) is 41.1 Å². The second kappa shape index (κ2) is 6.01. The zero-order valence-electron chi connectivity index (χ0n) is 9.92. The Hall–Kier alpha value is -2.34. The third-order valence-electron chi connectivity index (χ3n) is 2.43. The summed E-state index contributed by atoms with van der Waals surface area (Å²) >= 11 is 1.50. The van der Waals surface area contributed by atoms with Gasteiger partial charge in [0, 0.05) is 11.9 Å². The Kier molecular flexibility index (Phi) is 4.15. The van der Waals surface area contributed by atoms with E-state index in [9.17, 15) is 9.59 Å². The molecule has 0 saturated heterocycles. The van der Waals surface area contributed by atoms with Gasteiger partial charge in [-0.05, 0) is 29.1 Å². The van der Waals surface area contributed by atoms with Gasteiger partial charge >= 0.3 is 12.0 Å². The number of carbonyl (C=O) groups is 2. The van der Waals surface area contributed by atoms with Crippen molar-refractivity contribution in [2.24, 2.45) is 0 Å². The number of urea groups is 1. The highest BCUT2D eigenvalue weighted by atomic mass is 32.1. The number of carboxylic acid groups (broad SMARTS) is 1. The van der Waals surface area contributed by atoms with Crippen molar-refractivity contribution < 1.29 is 14.7 Å². The minimum atomic E-state index is -0.963. The van der Waals surface area contributed by atoms with Crippen molar-refractivity contribution in [2.75, 3.05) is 5.32 Å². The quantitative estimate of drug-likeness (QED) is 0.803. The Morgan fingerprint density at radius 3 is 2.47 bits per heavy atom. The van der Waals surface area contributed by atoms with E-state index in [4.69, 9.17) is 5.11 Å². The summed E-state index contributed by atoms with van der Waals surface area (Å²) in [5, 5.41) is 17.8. The topological polar surface area (TPSA) is 78.4 Å². The Morgan fingerprint density at radius 1 is 1.16 bits per heavy atom. The molecule has 0 aliphatic carbocycles. The van der Waals surface area contributed by atoms with E-state index in [-0.39, 0.29) is 11.6 Å². The molecule has 0 radical (unpaired) electrons. The molecule has 0 aliphatic rings. The second-order valence-corrected chi connectivity index (χ2v) is 4.60. The lowest BCUT2D eigenvalue weighted by atomic mass is 10.1. The smallest absolute Gasteiger partial charge is 0.335 e. The largest absolute Gasteiger partial charge is 0.478 e. The minimum absolute atomic E-state index is 0.228. The average Bonchev–Trinajstić information content (AvgIpc) is 2.89. The normalized spacial score (nSPS) is 9.89. The molecular formula is C13H12N2O3S. The van der Waals surface area contributed by atoms with Crippen LogP contribution in [0, 0.1) is 0 Å². The first kappa shape index (κ1) is 13.1. The number of benzene rings is 1. The number of carboxylic acids is 1. The molecular weight excluding hydrogens is 264 g/mol. The molecule has 1 aromatic carbocycles. The number of carbonyl (C=O) groups excluding carboxylic acids is 1. The van der Waals surface area contributed by atoms with Crippen LogP contribution in [-0.2, 0) is 6.54 Å². The Morgan fingerprint density at radius 2 is 1.89 bits per heavy atom. The molecule has 0 aliphatic heterocycles. The van der Waals surface area contributed by atoms with Gasteiger partial charge < -0.3 is 15.7 Å². The number of rotatable bonds is 4. The van der Waals surface area contributed by atoms with Crippen LogP contribution in [0.1, 0.15) is 15.9 Å². The van der Waals surface area contributed by atoms with E-state index in [1.165, 1.54) is 23.5 Å². The van der Waals surface area contributed by atoms with Gasteiger partial charge in [-0.15, -0.1) is 0 Å². The molecule has 1 heterocycles. The maximum atomic E-state index is 11.5. The second-order valence-electron chi connectivity index (χ2n) is 3.82. The first-order valence-corrected chi connectivity index (χ1v) is 6.49. The fraction of sp³-hybridized carbons (Fsp3) is 0.0769. The summed E-state index contributed by atoms with van der Waals surface area (Å²) in [5.41, 5.74) is 1.82. The van der Waals surface area contributed by atoms with E-state index in [1.807, 2.05) is 16.8 Å². The standard InChI is InChI=1S/C13H12N2O3S/c16-12(17)10-3-1-9(2-4-10)7-14-13(18)15-11-5-6-19-8-11/h1-6,8H,7H2,(H,16,17)(H2,14,15,18). The van der Waals surface area contributed by atoms with Gasteiger partial charge in [-0.2, -0.15) is 11.3 Å². The van der Waals surface area contributed by atoms with Crippen molar-refractivity contribution in [3.05, 3.63) is 52.2 Å². The zero-order valence-corrected chi connectivity index (χ0v) is 10.7. The highest BCUT2D eigenvalue weighted by Crippen LogP contribution is 2.11. The van der Waals surface area contributed by atoms with Gasteiger partial charge in [0.15, 0.2) is 0 Å². The molecule has 2 amide bonds. The SMILES string of the molecule is O=C(NCc1ccc(C(=O)O)cc1)Nc1ccsc1. The number of amides is 2. The zero-order chi connectivity index (χ0) is 13.7. The summed E-state index contributed by atoms with van der Waals surface area (Å²) < 4.78 is 0. The fourth-order valence-corrected chi connectivity index (χ4v) is 2.05. The third kappa shape index (κ3) is 3.82. The van der Waals surface area contributed by atoms with Crippen LogP contribution in [0.5, 0.6) is 0 Å². The molecule has 0 spiro atoms. The molecule has 0 unspecified atom stereocenters. The highest BCUT2D eigenvalue weighted by Gasteiger charge is 2.04. The van der Waals surface area contributed by atoms with Crippen molar-refractivity contribution in [3.8, 4) is 0 Å². The van der Waals surface area contributed by atoms with Gasteiger partial charge in [-0.3, -0.25) is 0 Å². The molecule has 98 valence electrons. The Balaban J connectivity index is 1.84. The first-order valence-electron chi connectivity index (χ1n) is 5.54. The third-order valence-corrected chi connectivity index (χ3v) is 3.12. The molecule has 5 nitrogen and oxygen atoms in total. The molecule has 2 rings (SSSR count). The summed E-state index contributed by atoms with van der Waals surface area (Å²) in [6, 6.07) is 7.89. The maximum absolute atomic E-state index is 11.5. The lowest BCUT2D eigenvalue weighted by molar-refractivity contribution is 0.0697. The van der Waals surface area contributed by atoms with Crippen LogP contribution in [0.4, 0.5) is 10.5 Å². The maximum Gasteiger partial charge on any atom is 0.335 e. The van der Waals surface area contributed by atoms with E-state index in [0.29, 0.717) is 6.54 Å². The molecule has 3 N–H and O–H groups in total. The minimum Gasteiger partial charge on any atom is -0.478 e. The van der Waals surface area contributed by atoms with Crippen molar-refractivity contribution in [1.29, 1.82) is 0 Å². The highest BCUT2D eigenvalue weighted by molar-refractivity contribution is 7.08. The summed E-state index contributed by atoms with van der Waals surface area (Å²) in [6.45, 7) is 0.343. The first-order chi connectivity index (χ1) is 9.15. The van der Waals surface area contributed by atoms with Crippen LogP contribution in [0.2, 0.25) is 0 Å². The lowest BCUT2D eigenvalue weighted by Gasteiger charge is -2.06. The fourth-order valence-electron chi connectivity index (χ4n) is 1.46. The predicted octanol–water partition coefficient (Wildman–Crippen LogP) is 2.77. The van der Waals surface area contributed by atoms with Gasteiger partial charge in [0.25, 0.3) is 0 Å². The summed E-state index contributed by atoms with van der Waals surface area (Å²) in [6.07, 6.45) is 0. The van der Waals surface area contributed by atoms with Gasteiger partial charge in [-0.25, -0.2) is 9.59 Å². The number of hydrogen-bond donors (Lipinski definition) is 3. The van der Waals surface area contributed by atoms with E-state index in [2.05, 4.69) is 10.6 Å². The summed E-state index contributed by atoms with van der Waals surface area (Å²) in [4.78, 5) is 22.2. The lowest BCUT2D eigenvalue weighted by Crippen LogP contribution is -2.27. The summed E-state index contributed by atoms with van der Waals surface area (Å²) in [5.74, 6) is -0.963. The van der Waals surface area contributed by atoms with Crippen molar-refractivity contribution in [1.82, 2.24) is 5.32 Å². The monoisotopic (exact) mass is 276 g/mol. The van der Waals surface area contributed by atoms with Crippen LogP contribution >= 0.6 is 11.3 Å². The van der Waals surface area contributed by atoms with Gasteiger partial charge in [0.05, 0.1) is 11.3 Å². The van der Waals surface area contributed by atoms with E-state index in [0.717, 1.165) is 11.3 Å². The number of nitrogens with one attached hydrogen (secondary N) is 2. The average molecular weight is 276 g/mol. The number of hydrogen-bond acceptors (Lipinski definition) is 3. The van der Waals surface area contributed by atoms with Crippen LogP contribution < -0.4 is 10.6 Å². The van der Waals surface area contributed by atoms with Gasteiger partial charge in [-0.1, -0.05) is 12.1 Å². The molecule has 0 saturated carbocycles. The molecule has 2 aromatic rings.